The second-order valence-electron chi connectivity index (χ2n) is 5.16. The first-order valence-corrected chi connectivity index (χ1v) is 7.29. The molecule has 2 rings (SSSR count). The normalized spacial score (nSPS) is 18.6. The van der Waals surface area contributed by atoms with E-state index in [4.69, 9.17) is 9.47 Å². The average Bonchev–Trinajstić information content (AvgIpc) is 3.30. The Morgan fingerprint density at radius 3 is 2.85 bits per heavy atom. The van der Waals surface area contributed by atoms with Crippen LogP contribution in [0.5, 0.6) is 0 Å². The van der Waals surface area contributed by atoms with Crippen LogP contribution in [0.1, 0.15) is 31.2 Å². The third-order valence-electron chi connectivity index (χ3n) is 3.41. The van der Waals surface area contributed by atoms with Gasteiger partial charge < -0.3 is 14.8 Å². The van der Waals surface area contributed by atoms with Crippen molar-refractivity contribution in [1.82, 2.24) is 5.32 Å². The van der Waals surface area contributed by atoms with Crippen molar-refractivity contribution >= 4 is 5.91 Å². The van der Waals surface area contributed by atoms with Gasteiger partial charge in [-0.1, -0.05) is 30.3 Å². The topological polar surface area (TPSA) is 50.9 Å². The number of ether oxygens (including phenoxy) is 2. The number of benzene rings is 1. The van der Waals surface area contributed by atoms with Gasteiger partial charge in [-0.05, 0) is 25.3 Å². The van der Waals surface area contributed by atoms with E-state index < -0.39 is 0 Å². The molecule has 1 heterocycles. The monoisotopic (exact) mass is 277 g/mol. The molecule has 1 aliphatic heterocycles. The zero-order chi connectivity index (χ0) is 14.2. The summed E-state index contributed by atoms with van der Waals surface area (Å²) in [5.41, 5.74) is 1.05. The van der Waals surface area contributed by atoms with Gasteiger partial charge in [0, 0.05) is 13.2 Å². The van der Waals surface area contributed by atoms with E-state index in [1.54, 1.807) is 0 Å². The van der Waals surface area contributed by atoms with Gasteiger partial charge in [0.15, 0.2) is 0 Å². The van der Waals surface area contributed by atoms with Crippen LogP contribution in [0.15, 0.2) is 30.3 Å². The number of nitrogens with one attached hydrogen (secondary N) is 1. The van der Waals surface area contributed by atoms with Crippen LogP contribution in [0, 0.1) is 0 Å². The second kappa shape index (κ2) is 8.02. The number of carbonyl (C=O) groups is 1. The van der Waals surface area contributed by atoms with Crippen LogP contribution in [-0.4, -0.2) is 38.4 Å². The Balaban J connectivity index is 1.53. The molecule has 20 heavy (non-hydrogen) atoms. The summed E-state index contributed by atoms with van der Waals surface area (Å²) in [6, 6.07) is 9.84. The molecule has 2 unspecified atom stereocenters. The maximum absolute atomic E-state index is 12.0. The zero-order valence-electron chi connectivity index (χ0n) is 12.0. The fraction of sp³-hybridized carbons (Fsp3) is 0.562. The molecule has 110 valence electrons. The van der Waals surface area contributed by atoms with E-state index in [2.05, 4.69) is 5.32 Å². The van der Waals surface area contributed by atoms with Crippen molar-refractivity contribution < 1.29 is 14.3 Å². The van der Waals surface area contributed by atoms with Crippen molar-refractivity contribution in [2.75, 3.05) is 26.4 Å². The highest BCUT2D eigenvalue weighted by molar-refractivity contribution is 5.83. The fourth-order valence-electron chi connectivity index (χ4n) is 1.97. The molecule has 2 atom stereocenters. The Hall–Kier alpha value is -1.39. The highest BCUT2D eigenvalue weighted by Gasteiger charge is 2.21. The second-order valence-corrected chi connectivity index (χ2v) is 5.16. The average molecular weight is 277 g/mol. The molecular weight excluding hydrogens is 254 g/mol. The van der Waals surface area contributed by atoms with E-state index in [9.17, 15) is 4.79 Å². The molecule has 0 aromatic heterocycles. The van der Waals surface area contributed by atoms with Crippen molar-refractivity contribution in [3.05, 3.63) is 35.9 Å². The Morgan fingerprint density at radius 2 is 2.15 bits per heavy atom. The Bertz CT molecular complexity index is 403. The molecule has 0 bridgehead atoms. The molecule has 1 amide bonds. The minimum Gasteiger partial charge on any atom is -0.379 e. The minimum atomic E-state index is -0.0977. The predicted octanol–water partition coefficient (Wildman–Crippen LogP) is 2.10. The van der Waals surface area contributed by atoms with Gasteiger partial charge in [0.1, 0.15) is 6.10 Å². The van der Waals surface area contributed by atoms with E-state index in [0.717, 1.165) is 31.6 Å². The van der Waals surface area contributed by atoms with Gasteiger partial charge in [0.25, 0.3) is 0 Å². The van der Waals surface area contributed by atoms with Crippen LogP contribution in [0.2, 0.25) is 0 Å². The fourth-order valence-corrected chi connectivity index (χ4v) is 1.97. The summed E-state index contributed by atoms with van der Waals surface area (Å²) in [5.74, 6) is -0.0111. The Labute approximate surface area is 120 Å². The summed E-state index contributed by atoms with van der Waals surface area (Å²) in [6.45, 7) is 4.93. The number of rotatable bonds is 9. The highest BCUT2D eigenvalue weighted by atomic mass is 16.6. The van der Waals surface area contributed by atoms with Gasteiger partial charge in [-0.15, -0.1) is 0 Å². The summed E-state index contributed by atoms with van der Waals surface area (Å²) in [4.78, 5) is 12.0. The molecule has 1 aliphatic rings. The SMILES string of the molecule is CC(C(=O)NCCCCOCC1CO1)c1ccccc1. The summed E-state index contributed by atoms with van der Waals surface area (Å²) in [7, 11) is 0. The highest BCUT2D eigenvalue weighted by Crippen LogP contribution is 2.14. The quantitative estimate of drug-likeness (QED) is 0.555. The van der Waals surface area contributed by atoms with Crippen molar-refractivity contribution in [2.45, 2.75) is 31.8 Å². The summed E-state index contributed by atoms with van der Waals surface area (Å²) < 4.78 is 10.5. The van der Waals surface area contributed by atoms with Gasteiger partial charge in [-0.25, -0.2) is 0 Å². The van der Waals surface area contributed by atoms with E-state index in [-0.39, 0.29) is 11.8 Å². The molecule has 1 fully saturated rings. The number of epoxide rings is 1. The first kappa shape index (κ1) is 15.0. The lowest BCUT2D eigenvalue weighted by Crippen LogP contribution is -2.29. The van der Waals surface area contributed by atoms with Gasteiger partial charge >= 0.3 is 0 Å². The first-order valence-electron chi connectivity index (χ1n) is 7.29. The molecule has 0 spiro atoms. The molecular formula is C16H23NO3. The lowest BCUT2D eigenvalue weighted by atomic mass is 10.0. The number of amides is 1. The van der Waals surface area contributed by atoms with Crippen molar-refractivity contribution in [3.63, 3.8) is 0 Å². The van der Waals surface area contributed by atoms with Gasteiger partial charge in [-0.2, -0.15) is 0 Å². The van der Waals surface area contributed by atoms with E-state index >= 15 is 0 Å². The van der Waals surface area contributed by atoms with E-state index in [1.807, 2.05) is 37.3 Å². The van der Waals surface area contributed by atoms with E-state index in [0.29, 0.717) is 19.3 Å². The molecule has 1 saturated heterocycles. The molecule has 1 N–H and O–H groups in total. The number of carbonyl (C=O) groups excluding carboxylic acids is 1. The number of unbranched alkanes of at least 4 members (excludes halogenated alkanes) is 1. The van der Waals surface area contributed by atoms with Gasteiger partial charge in [-0.3, -0.25) is 4.79 Å². The smallest absolute Gasteiger partial charge is 0.227 e. The van der Waals surface area contributed by atoms with Crippen LogP contribution in [0.25, 0.3) is 0 Å². The summed E-state index contributed by atoms with van der Waals surface area (Å²) in [5, 5.41) is 2.97. The zero-order valence-corrected chi connectivity index (χ0v) is 12.0. The minimum absolute atomic E-state index is 0.0866. The van der Waals surface area contributed by atoms with Gasteiger partial charge in [0.05, 0.1) is 19.1 Å². The molecule has 4 nitrogen and oxygen atoms in total. The largest absolute Gasteiger partial charge is 0.379 e. The van der Waals surface area contributed by atoms with Crippen LogP contribution >= 0.6 is 0 Å². The van der Waals surface area contributed by atoms with Crippen LogP contribution in [0.3, 0.4) is 0 Å². The summed E-state index contributed by atoms with van der Waals surface area (Å²) >= 11 is 0. The van der Waals surface area contributed by atoms with Crippen LogP contribution < -0.4 is 5.32 Å². The van der Waals surface area contributed by atoms with Gasteiger partial charge in [0.2, 0.25) is 5.91 Å². The number of hydrogen-bond acceptors (Lipinski definition) is 3. The third kappa shape index (κ3) is 5.31. The molecule has 0 saturated carbocycles. The Morgan fingerprint density at radius 1 is 1.40 bits per heavy atom. The maximum atomic E-state index is 12.0. The lowest BCUT2D eigenvalue weighted by molar-refractivity contribution is -0.122. The van der Waals surface area contributed by atoms with Crippen LogP contribution in [0.4, 0.5) is 0 Å². The third-order valence-corrected chi connectivity index (χ3v) is 3.41. The predicted molar refractivity (Wildman–Crippen MR) is 77.7 cm³/mol. The Kier molecular flexibility index (Phi) is 6.02. The van der Waals surface area contributed by atoms with Crippen molar-refractivity contribution in [1.29, 1.82) is 0 Å². The van der Waals surface area contributed by atoms with Crippen LogP contribution in [-0.2, 0) is 14.3 Å². The first-order chi connectivity index (χ1) is 9.77. The van der Waals surface area contributed by atoms with E-state index in [1.165, 1.54) is 0 Å². The maximum Gasteiger partial charge on any atom is 0.227 e. The molecule has 1 aromatic carbocycles. The molecule has 0 radical (unpaired) electrons. The van der Waals surface area contributed by atoms with Crippen molar-refractivity contribution in [2.24, 2.45) is 0 Å². The van der Waals surface area contributed by atoms with Crippen molar-refractivity contribution in [3.8, 4) is 0 Å². The molecule has 0 aliphatic carbocycles. The molecule has 1 aromatic rings. The molecule has 4 heteroatoms. The standard InChI is InChI=1S/C16H23NO3/c1-13(14-7-3-2-4-8-14)16(18)17-9-5-6-10-19-11-15-12-20-15/h2-4,7-8,13,15H,5-6,9-12H2,1H3,(H,17,18). The number of hydrogen-bond donors (Lipinski definition) is 1. The summed E-state index contributed by atoms with van der Waals surface area (Å²) in [6.07, 6.45) is 2.24. The lowest BCUT2D eigenvalue weighted by Gasteiger charge is -2.12.